The summed E-state index contributed by atoms with van der Waals surface area (Å²) in [6, 6.07) is 11.1. The van der Waals surface area contributed by atoms with Gasteiger partial charge in [0, 0.05) is 23.3 Å². The van der Waals surface area contributed by atoms with E-state index >= 15 is 0 Å². The molecule has 0 fully saturated rings. The number of halogens is 2. The number of aryl methyl sites for hydroxylation is 2. The Morgan fingerprint density at radius 1 is 1.24 bits per heavy atom. The first-order valence-electron chi connectivity index (χ1n) is 8.85. The van der Waals surface area contributed by atoms with Gasteiger partial charge < -0.3 is 9.47 Å². The van der Waals surface area contributed by atoms with Crippen molar-refractivity contribution in [2.24, 2.45) is 7.05 Å². The molecule has 0 amide bonds. The summed E-state index contributed by atoms with van der Waals surface area (Å²) in [6.45, 7) is 2.10. The van der Waals surface area contributed by atoms with Gasteiger partial charge in [0.1, 0.15) is 18.1 Å². The quantitative estimate of drug-likeness (QED) is 0.328. The van der Waals surface area contributed by atoms with Crippen LogP contribution in [0.3, 0.4) is 0 Å². The van der Waals surface area contributed by atoms with Crippen LogP contribution in [0.15, 0.2) is 53.1 Å². The number of aromatic nitrogens is 2. The van der Waals surface area contributed by atoms with Crippen molar-refractivity contribution < 1.29 is 14.3 Å². The highest BCUT2D eigenvalue weighted by Gasteiger charge is 2.10. The number of hydrogen-bond acceptors (Lipinski definition) is 4. The molecule has 5 nitrogen and oxygen atoms in total. The number of methoxy groups -OCH3 is 1. The van der Waals surface area contributed by atoms with Crippen LogP contribution < -0.4 is 9.47 Å². The first-order valence-corrected chi connectivity index (χ1v) is 10.0. The Bertz CT molecular complexity index is 1080. The van der Waals surface area contributed by atoms with Gasteiger partial charge in [-0.05, 0) is 48.9 Å². The van der Waals surface area contributed by atoms with Gasteiger partial charge in [-0.1, -0.05) is 39.7 Å². The second kappa shape index (κ2) is 9.29. The summed E-state index contributed by atoms with van der Waals surface area (Å²) >= 11 is 9.59. The Labute approximate surface area is 183 Å². The number of rotatable bonds is 7. The molecule has 0 aliphatic heterocycles. The standard InChI is InChI=1S/C22H20BrClN2O3/c1-14-18(12-26(2)25-14)20(27)7-4-15-5-8-21(28-3)16(10-15)13-29-22-9-6-17(23)11-19(22)24/h4-12H,13H2,1-3H3/b7-4+. The predicted molar refractivity (Wildman–Crippen MR) is 118 cm³/mol. The van der Waals surface area contributed by atoms with Crippen molar-refractivity contribution in [2.45, 2.75) is 13.5 Å². The van der Waals surface area contributed by atoms with Gasteiger partial charge in [0.15, 0.2) is 5.78 Å². The Kier molecular flexibility index (Phi) is 6.77. The molecular formula is C22H20BrClN2O3. The Morgan fingerprint density at radius 2 is 2.00 bits per heavy atom. The van der Waals surface area contributed by atoms with Gasteiger partial charge in [-0.2, -0.15) is 5.10 Å². The van der Waals surface area contributed by atoms with Crippen LogP contribution in [0, 0.1) is 6.92 Å². The van der Waals surface area contributed by atoms with Crippen molar-refractivity contribution in [3.05, 3.63) is 80.6 Å². The number of ether oxygens (including phenoxy) is 2. The number of ketones is 1. The average molecular weight is 476 g/mol. The highest BCUT2D eigenvalue weighted by Crippen LogP contribution is 2.30. The highest BCUT2D eigenvalue weighted by atomic mass is 79.9. The van der Waals surface area contributed by atoms with Gasteiger partial charge in [0.05, 0.1) is 23.4 Å². The predicted octanol–water partition coefficient (Wildman–Crippen LogP) is 5.63. The molecule has 7 heteroatoms. The number of benzene rings is 2. The van der Waals surface area contributed by atoms with E-state index in [4.69, 9.17) is 21.1 Å². The van der Waals surface area contributed by atoms with Gasteiger partial charge in [-0.3, -0.25) is 9.48 Å². The molecule has 1 aromatic heterocycles. The smallest absolute Gasteiger partial charge is 0.189 e. The lowest BCUT2D eigenvalue weighted by molar-refractivity contribution is 0.104. The summed E-state index contributed by atoms with van der Waals surface area (Å²) in [5.41, 5.74) is 3.00. The van der Waals surface area contributed by atoms with E-state index in [2.05, 4.69) is 21.0 Å². The Balaban J connectivity index is 1.77. The van der Waals surface area contributed by atoms with E-state index in [-0.39, 0.29) is 12.4 Å². The molecule has 0 unspecified atom stereocenters. The van der Waals surface area contributed by atoms with Gasteiger partial charge >= 0.3 is 0 Å². The lowest BCUT2D eigenvalue weighted by Gasteiger charge is -2.12. The van der Waals surface area contributed by atoms with Crippen LogP contribution in [0.1, 0.15) is 27.2 Å². The fraction of sp³-hybridized carbons (Fsp3) is 0.182. The first kappa shape index (κ1) is 21.1. The number of hydrogen-bond donors (Lipinski definition) is 0. The largest absolute Gasteiger partial charge is 0.496 e. The van der Waals surface area contributed by atoms with E-state index < -0.39 is 0 Å². The molecule has 0 aliphatic rings. The fourth-order valence-corrected chi connectivity index (χ4v) is 3.59. The third kappa shape index (κ3) is 5.28. The normalized spacial score (nSPS) is 11.1. The number of carbonyl (C=O) groups excluding carboxylic acids is 1. The summed E-state index contributed by atoms with van der Waals surface area (Å²) in [5.74, 6) is 1.19. The van der Waals surface area contributed by atoms with Crippen LogP contribution in [0.25, 0.3) is 6.08 Å². The maximum absolute atomic E-state index is 12.4. The lowest BCUT2D eigenvalue weighted by atomic mass is 10.1. The van der Waals surface area contributed by atoms with Gasteiger partial charge in [-0.25, -0.2) is 0 Å². The number of carbonyl (C=O) groups is 1. The first-order chi connectivity index (χ1) is 13.9. The van der Waals surface area contributed by atoms with E-state index in [0.717, 1.165) is 15.6 Å². The summed E-state index contributed by atoms with van der Waals surface area (Å²) < 4.78 is 13.8. The third-order valence-corrected chi connectivity index (χ3v) is 5.08. The molecule has 0 saturated heterocycles. The summed E-state index contributed by atoms with van der Waals surface area (Å²) in [6.07, 6.45) is 5.03. The van der Waals surface area contributed by atoms with Crippen molar-refractivity contribution in [3.63, 3.8) is 0 Å². The zero-order valence-corrected chi connectivity index (χ0v) is 18.6. The van der Waals surface area contributed by atoms with Crippen LogP contribution >= 0.6 is 27.5 Å². The molecule has 0 saturated carbocycles. The fourth-order valence-electron chi connectivity index (χ4n) is 2.87. The van der Waals surface area contributed by atoms with Crippen LogP contribution in [0.4, 0.5) is 0 Å². The molecule has 1 heterocycles. The minimum absolute atomic E-state index is 0.0918. The molecule has 0 bridgehead atoms. The monoisotopic (exact) mass is 474 g/mol. The maximum Gasteiger partial charge on any atom is 0.189 e. The molecule has 3 aromatic rings. The minimum Gasteiger partial charge on any atom is -0.496 e. The highest BCUT2D eigenvalue weighted by molar-refractivity contribution is 9.10. The van der Waals surface area contributed by atoms with Crippen LogP contribution in [-0.2, 0) is 13.7 Å². The third-order valence-electron chi connectivity index (χ3n) is 4.29. The SMILES string of the molecule is COc1ccc(/C=C/C(=O)c2cn(C)nc2C)cc1COc1ccc(Br)cc1Cl. The van der Waals surface area contributed by atoms with E-state index in [1.54, 1.807) is 49.3 Å². The minimum atomic E-state index is -0.0918. The van der Waals surface area contributed by atoms with Crippen LogP contribution in [-0.4, -0.2) is 22.7 Å². The average Bonchev–Trinajstić information content (AvgIpc) is 3.03. The molecule has 0 spiro atoms. The topological polar surface area (TPSA) is 53.4 Å². The van der Waals surface area contributed by atoms with Gasteiger partial charge in [-0.15, -0.1) is 0 Å². The molecular weight excluding hydrogens is 456 g/mol. The molecule has 3 rings (SSSR count). The van der Waals surface area contributed by atoms with E-state index in [1.807, 2.05) is 31.2 Å². The number of nitrogens with zero attached hydrogens (tertiary/aromatic N) is 2. The molecule has 29 heavy (non-hydrogen) atoms. The molecule has 0 atom stereocenters. The molecule has 0 aliphatic carbocycles. The second-order valence-electron chi connectivity index (χ2n) is 6.43. The zero-order valence-electron chi connectivity index (χ0n) is 16.3. The summed E-state index contributed by atoms with van der Waals surface area (Å²) in [7, 11) is 3.40. The molecule has 2 aromatic carbocycles. The molecule has 0 N–H and O–H groups in total. The van der Waals surface area contributed by atoms with Crippen molar-refractivity contribution in [1.29, 1.82) is 0 Å². The Hall–Kier alpha value is -2.57. The van der Waals surface area contributed by atoms with E-state index in [9.17, 15) is 4.79 Å². The van der Waals surface area contributed by atoms with E-state index in [1.165, 1.54) is 0 Å². The van der Waals surface area contributed by atoms with Crippen molar-refractivity contribution in [1.82, 2.24) is 9.78 Å². The summed E-state index contributed by atoms with van der Waals surface area (Å²) in [5, 5.41) is 4.72. The van der Waals surface area contributed by atoms with Crippen LogP contribution in [0.2, 0.25) is 5.02 Å². The summed E-state index contributed by atoms with van der Waals surface area (Å²) in [4.78, 5) is 12.4. The number of allylic oxidation sites excluding steroid dienone is 1. The van der Waals surface area contributed by atoms with Crippen molar-refractivity contribution >= 4 is 39.4 Å². The molecule has 150 valence electrons. The Morgan fingerprint density at radius 3 is 2.66 bits per heavy atom. The lowest BCUT2D eigenvalue weighted by Crippen LogP contribution is -2.00. The van der Waals surface area contributed by atoms with E-state index in [0.29, 0.717) is 27.8 Å². The van der Waals surface area contributed by atoms with Gasteiger partial charge in [0.25, 0.3) is 0 Å². The zero-order chi connectivity index (χ0) is 21.0. The van der Waals surface area contributed by atoms with Crippen LogP contribution in [0.5, 0.6) is 11.5 Å². The van der Waals surface area contributed by atoms with Gasteiger partial charge in [0.2, 0.25) is 0 Å². The van der Waals surface area contributed by atoms with Crippen molar-refractivity contribution in [3.8, 4) is 11.5 Å². The second-order valence-corrected chi connectivity index (χ2v) is 7.76. The molecule has 0 radical (unpaired) electrons. The van der Waals surface area contributed by atoms with Crippen molar-refractivity contribution in [2.75, 3.05) is 7.11 Å². The maximum atomic E-state index is 12.4.